The van der Waals surface area contributed by atoms with E-state index in [4.69, 9.17) is 0 Å². The topological polar surface area (TPSA) is 68.1 Å². The van der Waals surface area contributed by atoms with Crippen LogP contribution in [0.2, 0.25) is 0 Å². The van der Waals surface area contributed by atoms with Gasteiger partial charge in [-0.3, -0.25) is 15.1 Å². The second kappa shape index (κ2) is 6.02. The highest BCUT2D eigenvalue weighted by atomic mass is 16.6. The van der Waals surface area contributed by atoms with Crippen LogP contribution < -0.4 is 5.32 Å². The summed E-state index contributed by atoms with van der Waals surface area (Å²) in [4.78, 5) is 14.8. The van der Waals surface area contributed by atoms with Crippen LogP contribution >= 0.6 is 0 Å². The summed E-state index contributed by atoms with van der Waals surface area (Å²) in [5, 5.41) is 15.7. The number of nitrogens with one attached hydrogen (secondary N) is 1. The van der Waals surface area contributed by atoms with Crippen LogP contribution in [0, 0.1) is 28.9 Å². The van der Waals surface area contributed by atoms with E-state index >= 15 is 0 Å². The van der Waals surface area contributed by atoms with Crippen molar-refractivity contribution in [2.24, 2.45) is 0 Å². The van der Waals surface area contributed by atoms with Gasteiger partial charge in [0.05, 0.1) is 10.3 Å². The summed E-state index contributed by atoms with van der Waals surface area (Å²) in [6.45, 7) is 4.37. The molecule has 0 unspecified atom stereocenters. The number of pyridine rings is 1. The number of hydrogen-bond donors (Lipinski definition) is 1. The van der Waals surface area contributed by atoms with Gasteiger partial charge in [0.25, 0.3) is 5.69 Å². The van der Waals surface area contributed by atoms with Crippen molar-refractivity contribution in [2.45, 2.75) is 20.3 Å². The van der Waals surface area contributed by atoms with Crippen LogP contribution in [0.4, 0.5) is 11.4 Å². The Labute approximate surface area is 117 Å². The Bertz CT molecular complexity index is 714. The summed E-state index contributed by atoms with van der Waals surface area (Å²) >= 11 is 0. The highest BCUT2D eigenvalue weighted by molar-refractivity contribution is 5.99. The fourth-order valence-corrected chi connectivity index (χ4v) is 2.03. The Balaban J connectivity index is 2.44. The van der Waals surface area contributed by atoms with Crippen LogP contribution in [0.1, 0.15) is 19.0 Å². The van der Waals surface area contributed by atoms with E-state index in [1.54, 1.807) is 19.2 Å². The molecule has 5 nitrogen and oxygen atoms in total. The number of hydrogen-bond acceptors (Lipinski definition) is 4. The molecule has 0 saturated carbocycles. The lowest BCUT2D eigenvalue weighted by Crippen LogP contribution is -2.02. The summed E-state index contributed by atoms with van der Waals surface area (Å²) in [6.07, 6.45) is 2.29. The maximum absolute atomic E-state index is 11.0. The van der Waals surface area contributed by atoms with E-state index in [0.717, 1.165) is 23.2 Å². The van der Waals surface area contributed by atoms with E-state index in [0.29, 0.717) is 11.9 Å². The number of nitro benzene ring substituents is 1. The fourth-order valence-electron chi connectivity index (χ4n) is 2.03. The van der Waals surface area contributed by atoms with Gasteiger partial charge in [-0.2, -0.15) is 0 Å². The Hall–Kier alpha value is -2.61. The molecule has 1 aromatic carbocycles. The predicted octanol–water partition coefficient (Wildman–Crippen LogP) is 3.28. The molecule has 0 fully saturated rings. The molecular weight excluding hydrogens is 254 g/mol. The first-order valence-electron chi connectivity index (χ1n) is 6.30. The van der Waals surface area contributed by atoms with Gasteiger partial charge in [-0.25, -0.2) is 0 Å². The molecule has 1 aromatic heterocycles. The number of rotatable bonds is 4. The number of nitrogens with zero attached hydrogens (tertiary/aromatic N) is 2. The number of aryl methyl sites for hydroxylation is 1. The number of aromatic nitrogens is 1. The summed E-state index contributed by atoms with van der Waals surface area (Å²) in [7, 11) is 0. The van der Waals surface area contributed by atoms with Crippen LogP contribution in [0.3, 0.4) is 0 Å². The van der Waals surface area contributed by atoms with Crippen molar-refractivity contribution in [3.63, 3.8) is 0 Å². The lowest BCUT2D eigenvalue weighted by Gasteiger charge is -2.09. The summed E-state index contributed by atoms with van der Waals surface area (Å²) in [5.74, 6) is 5.81. The van der Waals surface area contributed by atoms with Crippen molar-refractivity contribution in [1.29, 1.82) is 0 Å². The Morgan fingerprint density at radius 1 is 1.40 bits per heavy atom. The number of benzene rings is 1. The van der Waals surface area contributed by atoms with Crippen LogP contribution in [0.5, 0.6) is 0 Å². The highest BCUT2D eigenvalue weighted by Crippen LogP contribution is 2.31. The van der Waals surface area contributed by atoms with E-state index in [2.05, 4.69) is 22.1 Å². The van der Waals surface area contributed by atoms with Crippen molar-refractivity contribution in [3.8, 4) is 11.8 Å². The maximum Gasteiger partial charge on any atom is 0.278 e. The maximum atomic E-state index is 11.0. The number of anilines is 1. The zero-order chi connectivity index (χ0) is 14.5. The van der Waals surface area contributed by atoms with Crippen molar-refractivity contribution in [1.82, 2.24) is 4.98 Å². The molecule has 0 bridgehead atoms. The van der Waals surface area contributed by atoms with Crippen molar-refractivity contribution < 1.29 is 4.92 Å². The smallest absolute Gasteiger partial charge is 0.278 e. The monoisotopic (exact) mass is 269 g/mol. The summed E-state index contributed by atoms with van der Waals surface area (Å²) in [6, 6.07) is 5.10. The van der Waals surface area contributed by atoms with E-state index in [1.807, 2.05) is 13.0 Å². The minimum absolute atomic E-state index is 0.0754. The molecule has 0 aliphatic heterocycles. The Morgan fingerprint density at radius 3 is 2.90 bits per heavy atom. The summed E-state index contributed by atoms with van der Waals surface area (Å²) in [5.41, 5.74) is 1.77. The Morgan fingerprint density at radius 2 is 2.20 bits per heavy atom. The van der Waals surface area contributed by atoms with E-state index in [9.17, 15) is 10.1 Å². The molecule has 0 aliphatic carbocycles. The molecule has 5 heteroatoms. The standard InChI is InChI=1S/C15H15N3O2/c1-3-4-5-8-16-14-6-7-15(18(19)20)13-10-17-11(2)9-12(13)14/h6-7,9-10,16H,5,8H2,1-2H3. The third kappa shape index (κ3) is 2.86. The fraction of sp³-hybridized carbons (Fsp3) is 0.267. The van der Waals surface area contributed by atoms with Crippen molar-refractivity contribution >= 4 is 22.1 Å². The largest absolute Gasteiger partial charge is 0.384 e. The third-order valence-corrected chi connectivity index (χ3v) is 2.95. The second-order valence-corrected chi connectivity index (χ2v) is 4.36. The molecule has 102 valence electrons. The minimum atomic E-state index is -0.383. The number of fused-ring (bicyclic) bond motifs is 1. The summed E-state index contributed by atoms with van der Waals surface area (Å²) < 4.78 is 0. The minimum Gasteiger partial charge on any atom is -0.384 e. The first kappa shape index (κ1) is 13.8. The predicted molar refractivity (Wildman–Crippen MR) is 79.7 cm³/mol. The van der Waals surface area contributed by atoms with Crippen LogP contribution in [-0.4, -0.2) is 16.5 Å². The van der Waals surface area contributed by atoms with Crippen LogP contribution in [0.15, 0.2) is 24.4 Å². The Kier molecular flexibility index (Phi) is 4.16. The average molecular weight is 269 g/mol. The molecule has 0 aliphatic rings. The van der Waals surface area contributed by atoms with Crippen LogP contribution in [-0.2, 0) is 0 Å². The highest BCUT2D eigenvalue weighted by Gasteiger charge is 2.14. The molecule has 0 amide bonds. The second-order valence-electron chi connectivity index (χ2n) is 4.36. The van der Waals surface area contributed by atoms with Crippen molar-refractivity contribution in [3.05, 3.63) is 40.2 Å². The molecule has 20 heavy (non-hydrogen) atoms. The molecular formula is C15H15N3O2. The van der Waals surface area contributed by atoms with Gasteiger partial charge in [0.15, 0.2) is 0 Å². The lowest BCUT2D eigenvalue weighted by atomic mass is 10.1. The van der Waals surface area contributed by atoms with E-state index < -0.39 is 0 Å². The molecule has 0 spiro atoms. The third-order valence-electron chi connectivity index (χ3n) is 2.95. The SMILES string of the molecule is CC#CCCNc1ccc([N+](=O)[O-])c2cnc(C)cc12. The zero-order valence-electron chi connectivity index (χ0n) is 11.4. The molecule has 2 aromatic rings. The molecule has 0 radical (unpaired) electrons. The van der Waals surface area contributed by atoms with Gasteiger partial charge in [0.1, 0.15) is 0 Å². The number of non-ortho nitro benzene ring substituents is 1. The average Bonchev–Trinajstić information content (AvgIpc) is 2.43. The van der Waals surface area contributed by atoms with E-state index in [1.165, 1.54) is 6.07 Å². The van der Waals surface area contributed by atoms with Crippen molar-refractivity contribution in [2.75, 3.05) is 11.9 Å². The quantitative estimate of drug-likeness (QED) is 0.400. The first-order valence-corrected chi connectivity index (χ1v) is 6.30. The lowest BCUT2D eigenvalue weighted by molar-refractivity contribution is -0.383. The van der Waals surface area contributed by atoms with Gasteiger partial charge >= 0.3 is 0 Å². The molecule has 1 N–H and O–H groups in total. The van der Waals surface area contributed by atoms with Gasteiger partial charge in [-0.15, -0.1) is 11.8 Å². The normalized spacial score (nSPS) is 9.90. The molecule has 0 atom stereocenters. The molecule has 1 heterocycles. The van der Waals surface area contributed by atoms with Gasteiger partial charge in [-0.1, -0.05) is 0 Å². The number of nitro groups is 1. The first-order chi connectivity index (χ1) is 9.63. The van der Waals surface area contributed by atoms with Gasteiger partial charge < -0.3 is 5.32 Å². The molecule has 2 rings (SSSR count). The molecule has 0 saturated heterocycles. The van der Waals surface area contributed by atoms with Crippen LogP contribution in [0.25, 0.3) is 10.8 Å². The van der Waals surface area contributed by atoms with E-state index in [-0.39, 0.29) is 10.6 Å². The van der Waals surface area contributed by atoms with Gasteiger partial charge in [0.2, 0.25) is 0 Å². The van der Waals surface area contributed by atoms with Gasteiger partial charge in [0, 0.05) is 42.0 Å². The van der Waals surface area contributed by atoms with Gasteiger partial charge in [-0.05, 0) is 26.0 Å². The zero-order valence-corrected chi connectivity index (χ0v) is 11.4.